The summed E-state index contributed by atoms with van der Waals surface area (Å²) < 4.78 is 15.6. The smallest absolute Gasteiger partial charge is 0.407 e. The van der Waals surface area contributed by atoms with Gasteiger partial charge in [0.1, 0.15) is 11.4 Å². The van der Waals surface area contributed by atoms with Crippen molar-refractivity contribution in [2.75, 3.05) is 23.4 Å². The quantitative estimate of drug-likeness (QED) is 0.690. The van der Waals surface area contributed by atoms with Gasteiger partial charge < -0.3 is 30.0 Å². The average molecular weight is 379 g/mol. The number of hydrogen-bond donors (Lipinski definition) is 3. The van der Waals surface area contributed by atoms with E-state index >= 15 is 0 Å². The van der Waals surface area contributed by atoms with Crippen molar-refractivity contribution in [1.29, 1.82) is 0 Å². The fourth-order valence-corrected chi connectivity index (χ4v) is 2.33. The summed E-state index contributed by atoms with van der Waals surface area (Å²) in [6, 6.07) is 0. The van der Waals surface area contributed by atoms with Gasteiger partial charge in [-0.15, -0.1) is 0 Å². The van der Waals surface area contributed by atoms with E-state index in [0.717, 1.165) is 0 Å². The monoisotopic (exact) mass is 379 g/mol. The van der Waals surface area contributed by atoms with E-state index in [-0.39, 0.29) is 36.6 Å². The normalized spacial score (nSPS) is 18.7. The van der Waals surface area contributed by atoms with Crippen LogP contribution in [0.3, 0.4) is 0 Å². The van der Waals surface area contributed by atoms with Crippen LogP contribution < -0.4 is 20.3 Å². The van der Waals surface area contributed by atoms with Crippen molar-refractivity contribution in [2.24, 2.45) is 0 Å². The molecule has 1 unspecified atom stereocenters. The maximum Gasteiger partial charge on any atom is 0.407 e. The molecule has 0 saturated carbocycles. The molecule has 1 aromatic rings. The van der Waals surface area contributed by atoms with Crippen LogP contribution in [0.15, 0.2) is 18.2 Å². The Morgan fingerprint density at radius 3 is 3.04 bits per heavy atom. The number of aliphatic hydroxyl groups excluding tert-OH is 1. The molecule has 11 nitrogen and oxygen atoms in total. The fraction of sp³-hybridized carbons (Fsp3) is 0.500. The molecule has 0 bridgehead atoms. The zero-order chi connectivity index (χ0) is 19.6. The Labute approximate surface area is 155 Å². The van der Waals surface area contributed by atoms with Crippen LogP contribution in [-0.2, 0) is 14.3 Å². The lowest BCUT2D eigenvalue weighted by atomic mass is 10.2. The number of aromatic nitrogens is 2. The first-order chi connectivity index (χ1) is 12.7. The number of carbonyl (C=O) groups is 2. The molecule has 2 aliphatic rings. The minimum atomic E-state index is -1.30. The molecule has 3 heterocycles. The Balaban J connectivity index is 1.60. The summed E-state index contributed by atoms with van der Waals surface area (Å²) in [6.07, 6.45) is 1.44. The number of anilines is 2. The first kappa shape index (κ1) is 18.7. The molecular formula is C16H21N5O6. The van der Waals surface area contributed by atoms with Gasteiger partial charge in [0.25, 0.3) is 18.2 Å². The molecule has 0 aromatic carbocycles. The highest BCUT2D eigenvalue weighted by atomic mass is 16.6. The molecule has 2 aliphatic heterocycles. The predicted octanol–water partition coefficient (Wildman–Crippen LogP) is 0.676. The standard InChI is InChI=1S/C16H21N5O6/c1-16(2,3)27-14(23)17-5-4-9-7-21(15(24)26-9)10-6-18-13-12(19-10)20-11(22)8-25-13/h6-7,15,24H,4-5,8H2,1-3H3,(H,17,23)(H,19,20,22). The minimum absolute atomic E-state index is 0.120. The SMILES string of the molecule is CC(C)(C)OC(=O)NCCC1=CN(c2cnc3c(n2)NC(=O)CO3)C(O)O1. The summed E-state index contributed by atoms with van der Waals surface area (Å²) in [4.78, 5) is 32.6. The van der Waals surface area contributed by atoms with E-state index in [1.54, 1.807) is 27.0 Å². The van der Waals surface area contributed by atoms with Crippen LogP contribution >= 0.6 is 0 Å². The Morgan fingerprint density at radius 1 is 1.52 bits per heavy atom. The highest BCUT2D eigenvalue weighted by molar-refractivity contribution is 5.93. The highest BCUT2D eigenvalue weighted by Crippen LogP contribution is 2.29. The number of nitrogens with one attached hydrogen (secondary N) is 2. The van der Waals surface area contributed by atoms with E-state index in [1.807, 2.05) is 0 Å². The van der Waals surface area contributed by atoms with Gasteiger partial charge in [-0.2, -0.15) is 0 Å². The van der Waals surface area contributed by atoms with Crippen LogP contribution in [0.2, 0.25) is 0 Å². The van der Waals surface area contributed by atoms with Crippen molar-refractivity contribution in [3.63, 3.8) is 0 Å². The third-order valence-corrected chi connectivity index (χ3v) is 3.41. The van der Waals surface area contributed by atoms with Crippen molar-refractivity contribution in [1.82, 2.24) is 15.3 Å². The molecule has 0 aliphatic carbocycles. The lowest BCUT2D eigenvalue weighted by Crippen LogP contribution is -2.33. The Bertz CT molecular complexity index is 775. The third-order valence-electron chi connectivity index (χ3n) is 3.41. The third kappa shape index (κ3) is 4.76. The van der Waals surface area contributed by atoms with Crippen LogP contribution in [0.25, 0.3) is 0 Å². The van der Waals surface area contributed by atoms with E-state index < -0.39 is 18.1 Å². The number of aliphatic hydroxyl groups is 1. The number of nitrogens with zero attached hydrogens (tertiary/aromatic N) is 3. The molecule has 11 heteroatoms. The van der Waals surface area contributed by atoms with E-state index in [2.05, 4.69) is 20.6 Å². The molecule has 3 rings (SSSR count). The molecule has 0 spiro atoms. The number of amides is 2. The second-order valence-electron chi connectivity index (χ2n) is 6.84. The van der Waals surface area contributed by atoms with Gasteiger partial charge in [-0.1, -0.05) is 0 Å². The van der Waals surface area contributed by atoms with Crippen LogP contribution in [0.4, 0.5) is 16.4 Å². The van der Waals surface area contributed by atoms with Crippen molar-refractivity contribution in [3.05, 3.63) is 18.2 Å². The summed E-state index contributed by atoms with van der Waals surface area (Å²) in [5.74, 6) is 0.750. The van der Waals surface area contributed by atoms with Gasteiger partial charge in [0.2, 0.25) is 0 Å². The Morgan fingerprint density at radius 2 is 2.30 bits per heavy atom. The fourth-order valence-electron chi connectivity index (χ4n) is 2.33. The average Bonchev–Trinajstić information content (AvgIpc) is 2.93. The second kappa shape index (κ2) is 7.27. The number of carbonyl (C=O) groups excluding carboxylic acids is 2. The zero-order valence-corrected chi connectivity index (χ0v) is 15.2. The van der Waals surface area contributed by atoms with Gasteiger partial charge >= 0.3 is 6.09 Å². The van der Waals surface area contributed by atoms with Gasteiger partial charge in [0, 0.05) is 19.2 Å². The maximum absolute atomic E-state index is 11.6. The first-order valence-corrected chi connectivity index (χ1v) is 8.31. The van der Waals surface area contributed by atoms with Crippen molar-refractivity contribution < 1.29 is 28.9 Å². The molecular weight excluding hydrogens is 358 g/mol. The van der Waals surface area contributed by atoms with Crippen molar-refractivity contribution in [2.45, 2.75) is 39.2 Å². The summed E-state index contributed by atoms with van der Waals surface area (Å²) >= 11 is 0. The van der Waals surface area contributed by atoms with E-state index in [0.29, 0.717) is 12.2 Å². The number of alkyl carbamates (subject to hydrolysis) is 1. The topological polar surface area (TPSA) is 135 Å². The van der Waals surface area contributed by atoms with Crippen LogP contribution in [0.1, 0.15) is 27.2 Å². The molecule has 0 radical (unpaired) electrons. The Kier molecular flexibility index (Phi) is 5.04. The van der Waals surface area contributed by atoms with Gasteiger partial charge in [0.05, 0.1) is 6.20 Å². The van der Waals surface area contributed by atoms with Crippen LogP contribution in [-0.4, -0.2) is 52.2 Å². The summed E-state index contributed by atoms with van der Waals surface area (Å²) in [5.41, 5.74) is -0.579. The highest BCUT2D eigenvalue weighted by Gasteiger charge is 2.28. The predicted molar refractivity (Wildman–Crippen MR) is 92.7 cm³/mol. The molecule has 0 saturated heterocycles. The first-order valence-electron chi connectivity index (χ1n) is 8.31. The number of hydrogen-bond acceptors (Lipinski definition) is 9. The minimum Gasteiger partial charge on any atom is -0.465 e. The molecule has 0 fully saturated rings. The van der Waals surface area contributed by atoms with Crippen molar-refractivity contribution in [3.8, 4) is 5.88 Å². The summed E-state index contributed by atoms with van der Waals surface area (Å²) in [5, 5.41) is 15.2. The molecule has 1 aromatic heterocycles. The molecule has 1 atom stereocenters. The largest absolute Gasteiger partial charge is 0.465 e. The zero-order valence-electron chi connectivity index (χ0n) is 15.2. The lowest BCUT2D eigenvalue weighted by Gasteiger charge is -2.21. The van der Waals surface area contributed by atoms with Gasteiger partial charge in [-0.3, -0.25) is 9.69 Å². The molecule has 3 N–H and O–H groups in total. The van der Waals surface area contributed by atoms with E-state index in [4.69, 9.17) is 14.2 Å². The Hall–Kier alpha value is -3.08. The van der Waals surface area contributed by atoms with Gasteiger partial charge in [-0.25, -0.2) is 14.8 Å². The lowest BCUT2D eigenvalue weighted by molar-refractivity contribution is -0.118. The molecule has 27 heavy (non-hydrogen) atoms. The number of ether oxygens (including phenoxy) is 3. The van der Waals surface area contributed by atoms with Gasteiger partial charge in [0.15, 0.2) is 18.2 Å². The van der Waals surface area contributed by atoms with Crippen LogP contribution in [0, 0.1) is 0 Å². The number of fused-ring (bicyclic) bond motifs is 1. The second-order valence-corrected chi connectivity index (χ2v) is 6.84. The summed E-state index contributed by atoms with van der Waals surface area (Å²) in [6.45, 7) is 5.47. The van der Waals surface area contributed by atoms with E-state index in [9.17, 15) is 14.7 Å². The van der Waals surface area contributed by atoms with E-state index in [1.165, 1.54) is 11.1 Å². The maximum atomic E-state index is 11.6. The van der Waals surface area contributed by atoms with Crippen molar-refractivity contribution >= 4 is 23.6 Å². The molecule has 146 valence electrons. The molecule has 2 amide bonds. The van der Waals surface area contributed by atoms with Crippen LogP contribution in [0.5, 0.6) is 5.88 Å². The van der Waals surface area contributed by atoms with Gasteiger partial charge in [-0.05, 0) is 20.8 Å². The number of rotatable bonds is 4. The summed E-state index contributed by atoms with van der Waals surface area (Å²) in [7, 11) is 0.